The van der Waals surface area contributed by atoms with Crippen molar-refractivity contribution in [2.75, 3.05) is 12.9 Å². The molecule has 1 amide bonds. The van der Waals surface area contributed by atoms with E-state index in [0.717, 1.165) is 18.4 Å². The van der Waals surface area contributed by atoms with E-state index >= 15 is 0 Å². The fraction of sp³-hybridized carbons (Fsp3) is 0.400. The number of carbonyl (C=O) groups excluding carboxylic acids is 1. The van der Waals surface area contributed by atoms with Crippen molar-refractivity contribution < 1.29 is 9.53 Å². The Morgan fingerprint density at radius 2 is 2.18 bits per heavy atom. The Morgan fingerprint density at radius 3 is 2.86 bits per heavy atom. The number of ether oxygens (including phenoxy) is 1. The number of nitrogens with zero attached hydrogens (tertiary/aromatic N) is 4. The van der Waals surface area contributed by atoms with Crippen molar-refractivity contribution in [3.8, 4) is 23.2 Å². The van der Waals surface area contributed by atoms with E-state index in [1.54, 1.807) is 13.2 Å². The zero-order valence-electron chi connectivity index (χ0n) is 15.9. The van der Waals surface area contributed by atoms with Gasteiger partial charge in [0, 0.05) is 6.54 Å². The number of nitriles is 1. The molecule has 3 rings (SSSR count). The standard InChI is InChI=1S/C20H23N5O2S/c1-3-12-25-18(15-8-4-5-9-16(15)27-2)23-24-19(25)28-13-17(26)22-20(14-21)10-6-7-11-20/h3-5,8-9H,1,6-7,10-13H2,2H3,(H,22,26). The number of amides is 1. The van der Waals surface area contributed by atoms with Crippen LogP contribution in [0, 0.1) is 11.3 Å². The molecule has 1 aromatic carbocycles. The molecule has 28 heavy (non-hydrogen) atoms. The highest BCUT2D eigenvalue weighted by Gasteiger charge is 2.35. The van der Waals surface area contributed by atoms with Crippen LogP contribution in [0.25, 0.3) is 11.4 Å². The van der Waals surface area contributed by atoms with E-state index < -0.39 is 5.54 Å². The van der Waals surface area contributed by atoms with Gasteiger partial charge in [-0.2, -0.15) is 5.26 Å². The van der Waals surface area contributed by atoms with E-state index in [-0.39, 0.29) is 11.7 Å². The van der Waals surface area contributed by atoms with E-state index in [1.165, 1.54) is 11.8 Å². The van der Waals surface area contributed by atoms with Crippen LogP contribution in [0.15, 0.2) is 42.1 Å². The predicted octanol–water partition coefficient (Wildman–Crippen LogP) is 3.18. The van der Waals surface area contributed by atoms with Crippen LogP contribution in [0.2, 0.25) is 0 Å². The first kappa shape index (κ1) is 20.0. The van der Waals surface area contributed by atoms with Gasteiger partial charge in [0.2, 0.25) is 5.91 Å². The number of allylic oxidation sites excluding steroid dienone is 1. The number of hydrogen-bond acceptors (Lipinski definition) is 6. The number of carbonyl (C=O) groups is 1. The summed E-state index contributed by atoms with van der Waals surface area (Å²) in [5, 5.41) is 21.5. The molecule has 1 aliphatic rings. The average Bonchev–Trinajstić information content (AvgIpc) is 3.34. The summed E-state index contributed by atoms with van der Waals surface area (Å²) in [5.74, 6) is 1.36. The van der Waals surface area contributed by atoms with Crippen LogP contribution in [-0.4, -0.2) is 39.1 Å². The zero-order chi connectivity index (χ0) is 20.0. The van der Waals surface area contributed by atoms with Crippen LogP contribution in [0.1, 0.15) is 25.7 Å². The quantitative estimate of drug-likeness (QED) is 0.543. The van der Waals surface area contributed by atoms with Gasteiger partial charge in [0.15, 0.2) is 11.0 Å². The molecule has 0 unspecified atom stereocenters. The number of para-hydroxylation sites is 1. The SMILES string of the molecule is C=CCn1c(SCC(=O)NC2(C#N)CCCC2)nnc1-c1ccccc1OC. The van der Waals surface area contributed by atoms with E-state index in [9.17, 15) is 10.1 Å². The summed E-state index contributed by atoms with van der Waals surface area (Å²) in [5.41, 5.74) is 0.111. The third-order valence-electron chi connectivity index (χ3n) is 4.76. The second-order valence-corrected chi connectivity index (χ2v) is 7.59. The Labute approximate surface area is 168 Å². The van der Waals surface area contributed by atoms with Crippen molar-refractivity contribution in [2.45, 2.75) is 42.9 Å². The highest BCUT2D eigenvalue weighted by Crippen LogP contribution is 2.31. The fourth-order valence-corrected chi connectivity index (χ4v) is 4.14. The molecule has 1 fully saturated rings. The third kappa shape index (κ3) is 4.20. The lowest BCUT2D eigenvalue weighted by atomic mass is 10.0. The number of rotatable bonds is 8. The highest BCUT2D eigenvalue weighted by molar-refractivity contribution is 7.99. The molecule has 1 N–H and O–H groups in total. The van der Waals surface area contributed by atoms with Gasteiger partial charge in [-0.1, -0.05) is 30.0 Å². The largest absolute Gasteiger partial charge is 0.496 e. The van der Waals surface area contributed by atoms with Gasteiger partial charge in [0.25, 0.3) is 0 Å². The predicted molar refractivity (Wildman–Crippen MR) is 108 cm³/mol. The van der Waals surface area contributed by atoms with E-state index in [4.69, 9.17) is 4.74 Å². The number of methoxy groups -OCH3 is 1. The Bertz CT molecular complexity index is 896. The molecule has 0 spiro atoms. The molecule has 0 atom stereocenters. The molecule has 1 aromatic heterocycles. The van der Waals surface area contributed by atoms with Crippen molar-refractivity contribution in [3.63, 3.8) is 0 Å². The first-order chi connectivity index (χ1) is 13.6. The van der Waals surface area contributed by atoms with E-state index in [2.05, 4.69) is 28.2 Å². The van der Waals surface area contributed by atoms with Gasteiger partial charge in [-0.05, 0) is 37.8 Å². The Morgan fingerprint density at radius 1 is 1.43 bits per heavy atom. The van der Waals surface area contributed by atoms with Gasteiger partial charge in [0.1, 0.15) is 11.3 Å². The maximum absolute atomic E-state index is 12.4. The molecular formula is C20H23N5O2S. The molecule has 2 aromatic rings. The molecule has 1 aliphatic carbocycles. The van der Waals surface area contributed by atoms with Crippen LogP contribution < -0.4 is 10.1 Å². The summed E-state index contributed by atoms with van der Waals surface area (Å²) >= 11 is 1.30. The lowest BCUT2D eigenvalue weighted by Gasteiger charge is -2.21. The van der Waals surface area contributed by atoms with Crippen molar-refractivity contribution in [1.29, 1.82) is 5.26 Å². The number of aromatic nitrogens is 3. The topological polar surface area (TPSA) is 92.8 Å². The second kappa shape index (κ2) is 8.93. The smallest absolute Gasteiger partial charge is 0.231 e. The molecule has 8 heteroatoms. The Hall–Kier alpha value is -2.79. The summed E-state index contributed by atoms with van der Waals surface area (Å²) in [6, 6.07) is 9.86. The highest BCUT2D eigenvalue weighted by atomic mass is 32.2. The zero-order valence-corrected chi connectivity index (χ0v) is 16.7. The monoisotopic (exact) mass is 397 g/mol. The van der Waals surface area contributed by atoms with Crippen LogP contribution in [-0.2, 0) is 11.3 Å². The minimum Gasteiger partial charge on any atom is -0.496 e. The van der Waals surface area contributed by atoms with Gasteiger partial charge in [-0.15, -0.1) is 16.8 Å². The van der Waals surface area contributed by atoms with E-state index in [1.807, 2.05) is 28.8 Å². The summed E-state index contributed by atoms with van der Waals surface area (Å²) < 4.78 is 7.33. The number of nitrogens with one attached hydrogen (secondary N) is 1. The molecule has 0 bridgehead atoms. The average molecular weight is 398 g/mol. The maximum atomic E-state index is 12.4. The molecule has 0 radical (unpaired) electrons. The Kier molecular flexibility index (Phi) is 6.37. The summed E-state index contributed by atoms with van der Waals surface area (Å²) in [4.78, 5) is 12.4. The number of benzene rings is 1. The molecule has 0 saturated heterocycles. The third-order valence-corrected chi connectivity index (χ3v) is 5.73. The van der Waals surface area contributed by atoms with Crippen molar-refractivity contribution >= 4 is 17.7 Å². The summed E-state index contributed by atoms with van der Waals surface area (Å²) in [6.45, 7) is 4.31. The number of thioether (sulfide) groups is 1. The lowest BCUT2D eigenvalue weighted by molar-refractivity contribution is -0.119. The van der Waals surface area contributed by atoms with Crippen molar-refractivity contribution in [1.82, 2.24) is 20.1 Å². The van der Waals surface area contributed by atoms with Crippen molar-refractivity contribution in [3.05, 3.63) is 36.9 Å². The van der Waals surface area contributed by atoms with Crippen molar-refractivity contribution in [2.24, 2.45) is 0 Å². The maximum Gasteiger partial charge on any atom is 0.231 e. The Balaban J connectivity index is 1.76. The fourth-order valence-electron chi connectivity index (χ4n) is 3.39. The second-order valence-electron chi connectivity index (χ2n) is 6.64. The molecule has 1 saturated carbocycles. The van der Waals surface area contributed by atoms with Gasteiger partial charge >= 0.3 is 0 Å². The molecule has 146 valence electrons. The summed E-state index contributed by atoms with van der Waals surface area (Å²) in [7, 11) is 1.61. The minimum absolute atomic E-state index is 0.166. The van der Waals surface area contributed by atoms with Gasteiger partial charge in [-0.25, -0.2) is 0 Å². The van der Waals surface area contributed by atoms with Crippen LogP contribution >= 0.6 is 11.8 Å². The van der Waals surface area contributed by atoms with Gasteiger partial charge in [-0.3, -0.25) is 9.36 Å². The van der Waals surface area contributed by atoms with Crippen LogP contribution in [0.3, 0.4) is 0 Å². The van der Waals surface area contributed by atoms with Crippen LogP contribution in [0.4, 0.5) is 0 Å². The molecule has 7 nitrogen and oxygen atoms in total. The number of hydrogen-bond donors (Lipinski definition) is 1. The minimum atomic E-state index is -0.713. The van der Waals surface area contributed by atoms with Gasteiger partial charge < -0.3 is 10.1 Å². The normalized spacial score (nSPS) is 15.0. The molecular weight excluding hydrogens is 374 g/mol. The lowest BCUT2D eigenvalue weighted by Crippen LogP contribution is -2.45. The summed E-state index contributed by atoms with van der Waals surface area (Å²) in [6.07, 6.45) is 5.12. The van der Waals surface area contributed by atoms with Gasteiger partial charge in [0.05, 0.1) is 24.5 Å². The molecule has 1 heterocycles. The first-order valence-corrected chi connectivity index (χ1v) is 10.1. The van der Waals surface area contributed by atoms with Crippen LogP contribution in [0.5, 0.6) is 5.75 Å². The van der Waals surface area contributed by atoms with E-state index in [0.29, 0.717) is 36.1 Å². The first-order valence-electron chi connectivity index (χ1n) is 9.15. The molecule has 0 aliphatic heterocycles.